The first-order chi connectivity index (χ1) is 15.1. The average molecular weight is 419 g/mol. The van der Waals surface area contributed by atoms with Gasteiger partial charge in [-0.1, -0.05) is 37.3 Å². The largest absolute Gasteiger partial charge is 0.482 e. The summed E-state index contributed by atoms with van der Waals surface area (Å²) in [7, 11) is 0. The highest BCUT2D eigenvalue weighted by Crippen LogP contribution is 2.43. The molecule has 164 valence electrons. The third kappa shape index (κ3) is 4.40. The quantitative estimate of drug-likeness (QED) is 0.643. The molecule has 0 unspecified atom stereocenters. The molecule has 2 aliphatic heterocycles. The van der Waals surface area contributed by atoms with Crippen LogP contribution in [0.2, 0.25) is 0 Å². The Morgan fingerprint density at radius 2 is 1.68 bits per heavy atom. The molecule has 0 saturated carbocycles. The zero-order valence-electron chi connectivity index (χ0n) is 19.1. The maximum atomic E-state index is 12.7. The van der Waals surface area contributed by atoms with Crippen molar-refractivity contribution in [2.24, 2.45) is 0 Å². The van der Waals surface area contributed by atoms with Crippen LogP contribution in [0.15, 0.2) is 54.6 Å². The SMILES string of the molecule is CCCN1CCC2(C=C(c3ccc(C(=O)N(CC)CC)cc3)c3ccccc3O2)CC1. The van der Waals surface area contributed by atoms with Gasteiger partial charge in [-0.15, -0.1) is 0 Å². The van der Waals surface area contributed by atoms with Crippen LogP contribution in [0.3, 0.4) is 0 Å². The number of benzene rings is 2. The minimum Gasteiger partial charge on any atom is -0.482 e. The first kappa shape index (κ1) is 21.6. The summed E-state index contributed by atoms with van der Waals surface area (Å²) >= 11 is 0. The van der Waals surface area contributed by atoms with E-state index in [0.717, 1.165) is 68.0 Å². The van der Waals surface area contributed by atoms with E-state index in [0.29, 0.717) is 0 Å². The zero-order chi connectivity index (χ0) is 21.8. The molecule has 0 aromatic heterocycles. The van der Waals surface area contributed by atoms with Crippen LogP contribution < -0.4 is 4.74 Å². The Morgan fingerprint density at radius 1 is 1.00 bits per heavy atom. The Labute approximate surface area is 186 Å². The normalized spacial score (nSPS) is 17.6. The van der Waals surface area contributed by atoms with Crippen molar-refractivity contribution >= 4 is 11.5 Å². The van der Waals surface area contributed by atoms with Crippen LogP contribution in [0.25, 0.3) is 5.57 Å². The van der Waals surface area contributed by atoms with Gasteiger partial charge in [0.15, 0.2) is 0 Å². The van der Waals surface area contributed by atoms with E-state index in [4.69, 9.17) is 4.74 Å². The molecule has 4 rings (SSSR count). The van der Waals surface area contributed by atoms with Crippen LogP contribution in [0.5, 0.6) is 5.75 Å². The minimum atomic E-state index is -0.246. The minimum absolute atomic E-state index is 0.0951. The van der Waals surface area contributed by atoms with Crippen molar-refractivity contribution in [2.45, 2.75) is 45.6 Å². The summed E-state index contributed by atoms with van der Waals surface area (Å²) in [5, 5.41) is 0. The fourth-order valence-corrected chi connectivity index (χ4v) is 4.81. The molecule has 1 spiro atoms. The van der Waals surface area contributed by atoms with E-state index < -0.39 is 0 Å². The van der Waals surface area contributed by atoms with Crippen LogP contribution >= 0.6 is 0 Å². The van der Waals surface area contributed by atoms with Gasteiger partial charge in [0.1, 0.15) is 11.4 Å². The highest BCUT2D eigenvalue weighted by molar-refractivity contribution is 5.95. The summed E-state index contributed by atoms with van der Waals surface area (Å²) in [6.45, 7) is 11.0. The van der Waals surface area contributed by atoms with Gasteiger partial charge in [-0.05, 0) is 62.2 Å². The van der Waals surface area contributed by atoms with Crippen molar-refractivity contribution in [3.05, 3.63) is 71.3 Å². The highest BCUT2D eigenvalue weighted by Gasteiger charge is 2.38. The summed E-state index contributed by atoms with van der Waals surface area (Å²) in [6.07, 6.45) is 5.54. The van der Waals surface area contributed by atoms with E-state index in [-0.39, 0.29) is 11.5 Å². The van der Waals surface area contributed by atoms with Crippen LogP contribution in [-0.2, 0) is 0 Å². The van der Waals surface area contributed by atoms with Crippen LogP contribution in [-0.4, -0.2) is 54.0 Å². The number of nitrogens with zero attached hydrogens (tertiary/aromatic N) is 2. The molecule has 1 saturated heterocycles. The van der Waals surface area contributed by atoms with Crippen LogP contribution in [0, 0.1) is 0 Å². The monoisotopic (exact) mass is 418 g/mol. The molecular formula is C27H34N2O2. The van der Waals surface area contributed by atoms with Gasteiger partial charge in [0.25, 0.3) is 5.91 Å². The van der Waals surface area contributed by atoms with Crippen LogP contribution in [0.4, 0.5) is 0 Å². The molecule has 1 fully saturated rings. The number of ether oxygens (including phenoxy) is 1. The van der Waals surface area contributed by atoms with E-state index in [1.807, 2.05) is 36.9 Å². The van der Waals surface area contributed by atoms with Crippen molar-refractivity contribution < 1.29 is 9.53 Å². The summed E-state index contributed by atoms with van der Waals surface area (Å²) < 4.78 is 6.60. The van der Waals surface area contributed by atoms with E-state index >= 15 is 0 Å². The smallest absolute Gasteiger partial charge is 0.253 e. The van der Waals surface area contributed by atoms with Gasteiger partial charge in [0.05, 0.1) is 0 Å². The molecule has 0 N–H and O–H groups in total. The predicted molar refractivity (Wildman–Crippen MR) is 127 cm³/mol. The molecule has 31 heavy (non-hydrogen) atoms. The second kappa shape index (κ2) is 9.27. The number of hydrogen-bond acceptors (Lipinski definition) is 3. The van der Waals surface area contributed by atoms with Crippen molar-refractivity contribution in [1.82, 2.24) is 9.80 Å². The molecular weight excluding hydrogens is 384 g/mol. The molecule has 2 aromatic rings. The summed E-state index contributed by atoms with van der Waals surface area (Å²) in [5.41, 5.74) is 3.99. The van der Waals surface area contributed by atoms with E-state index in [9.17, 15) is 4.79 Å². The predicted octanol–water partition coefficient (Wildman–Crippen LogP) is 5.24. The lowest BCUT2D eigenvalue weighted by molar-refractivity contribution is 0.0384. The summed E-state index contributed by atoms with van der Waals surface area (Å²) in [6, 6.07) is 16.4. The highest BCUT2D eigenvalue weighted by atomic mass is 16.5. The Morgan fingerprint density at radius 3 is 2.32 bits per heavy atom. The number of fused-ring (bicyclic) bond motifs is 1. The number of carbonyl (C=O) groups excluding carboxylic acids is 1. The lowest BCUT2D eigenvalue weighted by Gasteiger charge is -2.43. The fraction of sp³-hybridized carbons (Fsp3) is 0.444. The summed E-state index contributed by atoms with van der Waals surface area (Å²) in [4.78, 5) is 17.1. The molecule has 2 heterocycles. The van der Waals surface area contributed by atoms with Gasteiger partial charge in [-0.25, -0.2) is 0 Å². The lowest BCUT2D eigenvalue weighted by Crippen LogP contribution is -2.48. The van der Waals surface area contributed by atoms with Gasteiger partial charge < -0.3 is 14.5 Å². The zero-order valence-corrected chi connectivity index (χ0v) is 19.1. The number of likely N-dealkylation sites (tertiary alicyclic amines) is 1. The molecule has 4 nitrogen and oxygen atoms in total. The molecule has 2 aromatic carbocycles. The molecule has 1 amide bonds. The maximum absolute atomic E-state index is 12.7. The molecule has 4 heteroatoms. The second-order valence-corrected chi connectivity index (χ2v) is 8.62. The van der Waals surface area contributed by atoms with Crippen molar-refractivity contribution in [3.8, 4) is 5.75 Å². The van der Waals surface area contributed by atoms with Crippen molar-refractivity contribution in [1.29, 1.82) is 0 Å². The summed E-state index contributed by atoms with van der Waals surface area (Å²) in [5.74, 6) is 1.06. The van der Waals surface area contributed by atoms with Gasteiger partial charge in [0.2, 0.25) is 0 Å². The molecule has 0 aliphatic carbocycles. The number of amides is 1. The van der Waals surface area contributed by atoms with Gasteiger partial charge in [-0.3, -0.25) is 4.79 Å². The van der Waals surface area contributed by atoms with Gasteiger partial charge >= 0.3 is 0 Å². The Bertz CT molecular complexity index is 936. The second-order valence-electron chi connectivity index (χ2n) is 8.62. The van der Waals surface area contributed by atoms with E-state index in [2.05, 4.69) is 48.2 Å². The van der Waals surface area contributed by atoms with Crippen LogP contribution in [0.1, 0.15) is 61.5 Å². The number of carbonyl (C=O) groups is 1. The first-order valence-electron chi connectivity index (χ1n) is 11.7. The molecule has 0 radical (unpaired) electrons. The first-order valence-corrected chi connectivity index (χ1v) is 11.7. The van der Waals surface area contributed by atoms with Gasteiger partial charge in [-0.2, -0.15) is 0 Å². The Balaban J connectivity index is 1.65. The third-order valence-electron chi connectivity index (χ3n) is 6.63. The standard InChI is InChI=1S/C27H34N2O2/c1-4-17-28-18-15-27(16-19-28)20-24(23-9-7-8-10-25(23)31-27)21-11-13-22(14-12-21)26(30)29(5-2)6-3/h7-14,20H,4-6,15-19H2,1-3H3. The average Bonchev–Trinajstić information content (AvgIpc) is 2.81. The molecule has 0 atom stereocenters. The lowest BCUT2D eigenvalue weighted by atomic mass is 9.82. The van der Waals surface area contributed by atoms with E-state index in [1.54, 1.807) is 0 Å². The number of hydrogen-bond donors (Lipinski definition) is 0. The maximum Gasteiger partial charge on any atom is 0.253 e. The number of rotatable bonds is 6. The molecule has 0 bridgehead atoms. The topological polar surface area (TPSA) is 32.8 Å². The number of piperidine rings is 1. The van der Waals surface area contributed by atoms with E-state index in [1.165, 1.54) is 12.0 Å². The number of para-hydroxylation sites is 1. The van der Waals surface area contributed by atoms with Crippen molar-refractivity contribution in [2.75, 3.05) is 32.7 Å². The fourth-order valence-electron chi connectivity index (χ4n) is 4.81. The Hall–Kier alpha value is -2.59. The van der Waals surface area contributed by atoms with Crippen molar-refractivity contribution in [3.63, 3.8) is 0 Å². The molecule has 2 aliphatic rings. The Kier molecular flexibility index (Phi) is 6.47. The third-order valence-corrected chi connectivity index (χ3v) is 6.63. The van der Waals surface area contributed by atoms with Gasteiger partial charge in [0, 0.05) is 50.1 Å².